The smallest absolute Gasteiger partial charge is 0.303 e. The molecule has 0 saturated heterocycles. The topological polar surface area (TPSA) is 37.3 Å². The van der Waals surface area contributed by atoms with Crippen LogP contribution in [0, 0.1) is 0 Å². The molecule has 0 radical (unpaired) electrons. The van der Waals surface area contributed by atoms with E-state index in [0.717, 1.165) is 31.0 Å². The van der Waals surface area contributed by atoms with Gasteiger partial charge in [0.25, 0.3) is 0 Å². The molecule has 0 spiro atoms. The lowest BCUT2D eigenvalue weighted by Crippen LogP contribution is -1.94. The average Bonchev–Trinajstić information content (AvgIpc) is 2.29. The van der Waals surface area contributed by atoms with E-state index in [2.05, 4.69) is 40.2 Å². The normalized spacial score (nSPS) is 10.3. The molecule has 0 saturated carbocycles. The standard InChI is InChI=1S/C13H17BrO2/c14-10-12-8-6-11(7-9-12)4-2-1-3-5-13(15)16/h6-9H,1-5,10H2,(H,15,16). The molecule has 0 aliphatic heterocycles. The molecule has 0 fully saturated rings. The lowest BCUT2D eigenvalue weighted by molar-refractivity contribution is -0.137. The van der Waals surface area contributed by atoms with E-state index in [0.29, 0.717) is 6.42 Å². The van der Waals surface area contributed by atoms with Gasteiger partial charge in [0.2, 0.25) is 0 Å². The Morgan fingerprint density at radius 1 is 1.06 bits per heavy atom. The van der Waals surface area contributed by atoms with E-state index in [4.69, 9.17) is 5.11 Å². The number of aliphatic carboxylic acids is 1. The summed E-state index contributed by atoms with van der Waals surface area (Å²) in [5.41, 5.74) is 2.62. The molecule has 0 unspecified atom stereocenters. The number of unbranched alkanes of at least 4 members (excludes halogenated alkanes) is 2. The molecule has 16 heavy (non-hydrogen) atoms. The Labute approximate surface area is 105 Å². The zero-order chi connectivity index (χ0) is 11.8. The molecule has 3 heteroatoms. The van der Waals surface area contributed by atoms with Gasteiger partial charge in [0.05, 0.1) is 0 Å². The first-order chi connectivity index (χ1) is 7.72. The van der Waals surface area contributed by atoms with Crippen LogP contribution in [-0.4, -0.2) is 11.1 Å². The molecule has 0 bridgehead atoms. The van der Waals surface area contributed by atoms with E-state index in [-0.39, 0.29) is 0 Å². The molecule has 88 valence electrons. The second kappa shape index (κ2) is 7.44. The van der Waals surface area contributed by atoms with Crippen molar-refractivity contribution in [2.45, 2.75) is 37.4 Å². The van der Waals surface area contributed by atoms with Gasteiger partial charge in [0.1, 0.15) is 0 Å². The number of benzene rings is 1. The lowest BCUT2D eigenvalue weighted by Gasteiger charge is -2.02. The zero-order valence-electron chi connectivity index (χ0n) is 9.29. The van der Waals surface area contributed by atoms with Crippen LogP contribution in [-0.2, 0) is 16.5 Å². The predicted molar refractivity (Wildman–Crippen MR) is 68.9 cm³/mol. The number of aryl methyl sites for hydroxylation is 1. The van der Waals surface area contributed by atoms with Gasteiger partial charge in [-0.05, 0) is 30.4 Å². The number of halogens is 1. The van der Waals surface area contributed by atoms with Crippen LogP contribution in [0.15, 0.2) is 24.3 Å². The third-order valence-electron chi connectivity index (χ3n) is 2.53. The summed E-state index contributed by atoms with van der Waals surface area (Å²) >= 11 is 3.41. The number of hydrogen-bond donors (Lipinski definition) is 1. The monoisotopic (exact) mass is 284 g/mol. The Balaban J connectivity index is 2.19. The van der Waals surface area contributed by atoms with Crippen LogP contribution in [0.4, 0.5) is 0 Å². The lowest BCUT2D eigenvalue weighted by atomic mass is 10.1. The van der Waals surface area contributed by atoms with Gasteiger partial charge < -0.3 is 5.11 Å². The van der Waals surface area contributed by atoms with Gasteiger partial charge in [-0.2, -0.15) is 0 Å². The molecule has 0 heterocycles. The highest BCUT2D eigenvalue weighted by atomic mass is 79.9. The van der Waals surface area contributed by atoms with Crippen molar-refractivity contribution < 1.29 is 9.90 Å². The van der Waals surface area contributed by atoms with Crippen LogP contribution in [0.2, 0.25) is 0 Å². The summed E-state index contributed by atoms with van der Waals surface area (Å²) in [6, 6.07) is 8.55. The Morgan fingerprint density at radius 3 is 2.25 bits per heavy atom. The number of hydrogen-bond acceptors (Lipinski definition) is 1. The Morgan fingerprint density at radius 2 is 1.69 bits per heavy atom. The number of rotatable bonds is 7. The number of alkyl halides is 1. The van der Waals surface area contributed by atoms with Gasteiger partial charge in [-0.25, -0.2) is 0 Å². The Bertz CT molecular complexity index is 319. The van der Waals surface area contributed by atoms with Gasteiger partial charge in [0, 0.05) is 11.8 Å². The number of carbonyl (C=O) groups is 1. The molecule has 0 aliphatic carbocycles. The fourth-order valence-electron chi connectivity index (χ4n) is 1.58. The largest absolute Gasteiger partial charge is 0.481 e. The first-order valence-corrected chi connectivity index (χ1v) is 6.70. The second-order valence-electron chi connectivity index (χ2n) is 3.90. The van der Waals surface area contributed by atoms with Crippen molar-refractivity contribution in [3.63, 3.8) is 0 Å². The highest BCUT2D eigenvalue weighted by Crippen LogP contribution is 2.11. The summed E-state index contributed by atoms with van der Waals surface area (Å²) in [5, 5.41) is 9.38. The van der Waals surface area contributed by atoms with Crippen LogP contribution in [0.3, 0.4) is 0 Å². The van der Waals surface area contributed by atoms with Crippen molar-refractivity contribution >= 4 is 21.9 Å². The van der Waals surface area contributed by atoms with E-state index in [1.54, 1.807) is 0 Å². The fraction of sp³-hybridized carbons (Fsp3) is 0.462. The molecule has 0 aliphatic rings. The van der Waals surface area contributed by atoms with Crippen LogP contribution in [0.5, 0.6) is 0 Å². The van der Waals surface area contributed by atoms with Crippen LogP contribution < -0.4 is 0 Å². The molecule has 0 atom stereocenters. The minimum absolute atomic E-state index is 0.294. The summed E-state index contributed by atoms with van der Waals surface area (Å²) in [5.74, 6) is -0.693. The van der Waals surface area contributed by atoms with E-state index >= 15 is 0 Å². The summed E-state index contributed by atoms with van der Waals surface area (Å²) < 4.78 is 0. The summed E-state index contributed by atoms with van der Waals surface area (Å²) in [6.45, 7) is 0. The second-order valence-corrected chi connectivity index (χ2v) is 4.47. The highest BCUT2D eigenvalue weighted by molar-refractivity contribution is 9.08. The third-order valence-corrected chi connectivity index (χ3v) is 3.18. The van der Waals surface area contributed by atoms with Gasteiger partial charge >= 0.3 is 5.97 Å². The summed E-state index contributed by atoms with van der Waals surface area (Å²) in [7, 11) is 0. The maximum Gasteiger partial charge on any atom is 0.303 e. The average molecular weight is 285 g/mol. The molecule has 1 aromatic rings. The van der Waals surface area contributed by atoms with E-state index in [9.17, 15) is 4.79 Å². The maximum absolute atomic E-state index is 10.3. The fourth-order valence-corrected chi connectivity index (χ4v) is 1.95. The van der Waals surface area contributed by atoms with Crippen molar-refractivity contribution in [2.24, 2.45) is 0 Å². The third kappa shape index (κ3) is 5.31. The van der Waals surface area contributed by atoms with Gasteiger partial charge in [-0.3, -0.25) is 4.79 Å². The van der Waals surface area contributed by atoms with E-state index in [1.165, 1.54) is 11.1 Å². The summed E-state index contributed by atoms with van der Waals surface area (Å²) in [4.78, 5) is 10.3. The van der Waals surface area contributed by atoms with Crippen molar-refractivity contribution in [1.29, 1.82) is 0 Å². The molecule has 2 nitrogen and oxygen atoms in total. The van der Waals surface area contributed by atoms with Crippen molar-refractivity contribution in [2.75, 3.05) is 0 Å². The van der Waals surface area contributed by atoms with Gasteiger partial charge in [0.15, 0.2) is 0 Å². The minimum Gasteiger partial charge on any atom is -0.481 e. The first-order valence-electron chi connectivity index (χ1n) is 5.58. The Hall–Kier alpha value is -0.830. The minimum atomic E-state index is -0.693. The van der Waals surface area contributed by atoms with E-state index < -0.39 is 5.97 Å². The van der Waals surface area contributed by atoms with Crippen LogP contribution >= 0.6 is 15.9 Å². The molecule has 1 rings (SSSR count). The molecule has 1 N–H and O–H groups in total. The van der Waals surface area contributed by atoms with Gasteiger partial charge in [-0.1, -0.05) is 46.6 Å². The zero-order valence-corrected chi connectivity index (χ0v) is 10.9. The molecular weight excluding hydrogens is 268 g/mol. The van der Waals surface area contributed by atoms with Crippen LogP contribution in [0.1, 0.15) is 36.8 Å². The first kappa shape index (κ1) is 13.2. The maximum atomic E-state index is 10.3. The van der Waals surface area contributed by atoms with Crippen LogP contribution in [0.25, 0.3) is 0 Å². The highest BCUT2D eigenvalue weighted by Gasteiger charge is 1.97. The summed E-state index contributed by atoms with van der Waals surface area (Å²) in [6.07, 6.45) is 4.19. The predicted octanol–water partition coefficient (Wildman–Crippen LogP) is 3.77. The van der Waals surface area contributed by atoms with Gasteiger partial charge in [-0.15, -0.1) is 0 Å². The molecule has 0 amide bonds. The number of carboxylic acid groups (broad SMARTS) is 1. The Kier molecular flexibility index (Phi) is 6.16. The molecule has 0 aromatic heterocycles. The quantitative estimate of drug-likeness (QED) is 0.611. The number of carboxylic acids is 1. The van der Waals surface area contributed by atoms with Crippen molar-refractivity contribution in [3.05, 3.63) is 35.4 Å². The van der Waals surface area contributed by atoms with Crippen molar-refractivity contribution in [1.82, 2.24) is 0 Å². The van der Waals surface area contributed by atoms with Crippen molar-refractivity contribution in [3.8, 4) is 0 Å². The molecular formula is C13H17BrO2. The molecule has 1 aromatic carbocycles. The van der Waals surface area contributed by atoms with E-state index in [1.807, 2.05) is 0 Å². The SMILES string of the molecule is O=C(O)CCCCCc1ccc(CBr)cc1.